The van der Waals surface area contributed by atoms with Crippen LogP contribution in [-0.4, -0.2) is 18.3 Å². The van der Waals surface area contributed by atoms with Crippen molar-refractivity contribution < 1.29 is 4.79 Å². The van der Waals surface area contributed by atoms with Gasteiger partial charge in [0.2, 0.25) is 5.91 Å². The highest BCUT2D eigenvalue weighted by Crippen LogP contribution is 2.61. The van der Waals surface area contributed by atoms with Gasteiger partial charge in [-0.3, -0.25) is 4.79 Å². The van der Waals surface area contributed by atoms with Crippen molar-refractivity contribution in [2.45, 2.75) is 51.4 Å². The van der Waals surface area contributed by atoms with Crippen LogP contribution in [0.4, 0.5) is 0 Å². The minimum Gasteiger partial charge on any atom is -0.356 e. The number of nitrogens with one attached hydrogen (secondary N) is 1. The van der Waals surface area contributed by atoms with Crippen LogP contribution in [0.15, 0.2) is 0 Å². The fourth-order valence-electron chi connectivity index (χ4n) is 5.24. The van der Waals surface area contributed by atoms with Crippen molar-refractivity contribution in [2.75, 3.05) is 12.4 Å². The van der Waals surface area contributed by atoms with Gasteiger partial charge in [0.15, 0.2) is 0 Å². The van der Waals surface area contributed by atoms with Crippen LogP contribution in [0.25, 0.3) is 0 Å². The summed E-state index contributed by atoms with van der Waals surface area (Å²) >= 11 is 5.57. The molecule has 1 N–H and O–H groups in total. The van der Waals surface area contributed by atoms with Crippen molar-refractivity contribution in [2.24, 2.45) is 23.2 Å². The predicted molar refractivity (Wildman–Crippen MR) is 73.6 cm³/mol. The highest BCUT2D eigenvalue weighted by molar-refractivity contribution is 6.18. The lowest BCUT2D eigenvalue weighted by Crippen LogP contribution is -2.47. The monoisotopic (exact) mass is 269 g/mol. The summed E-state index contributed by atoms with van der Waals surface area (Å²) in [5, 5.41) is 3.04. The summed E-state index contributed by atoms with van der Waals surface area (Å²) in [5.41, 5.74) is 0.586. The van der Waals surface area contributed by atoms with E-state index >= 15 is 0 Å². The van der Waals surface area contributed by atoms with Crippen LogP contribution in [-0.2, 0) is 4.79 Å². The van der Waals surface area contributed by atoms with Gasteiger partial charge in [0.05, 0.1) is 0 Å². The first-order valence-corrected chi connectivity index (χ1v) is 8.05. The lowest BCUT2D eigenvalue weighted by molar-refractivity contribution is -0.121. The third-order valence-corrected chi connectivity index (χ3v) is 5.65. The molecular weight excluding hydrogens is 246 g/mol. The second kappa shape index (κ2) is 5.03. The van der Waals surface area contributed by atoms with Crippen molar-refractivity contribution in [3.63, 3.8) is 0 Å². The zero-order valence-corrected chi connectivity index (χ0v) is 11.8. The number of rotatable bonds is 5. The normalized spacial score (nSPS) is 41.1. The molecule has 1 amide bonds. The molecule has 0 unspecified atom stereocenters. The summed E-state index contributed by atoms with van der Waals surface area (Å²) in [6, 6.07) is 0. The Balaban J connectivity index is 1.51. The van der Waals surface area contributed by atoms with Crippen LogP contribution in [0, 0.1) is 23.2 Å². The van der Waals surface area contributed by atoms with E-state index < -0.39 is 0 Å². The Labute approximate surface area is 115 Å². The third-order valence-electron chi connectivity index (χ3n) is 5.46. The molecule has 3 heteroatoms. The van der Waals surface area contributed by atoms with Crippen LogP contribution in [0.3, 0.4) is 0 Å². The summed E-state index contributed by atoms with van der Waals surface area (Å²) < 4.78 is 0. The molecule has 4 aliphatic rings. The topological polar surface area (TPSA) is 29.1 Å². The van der Waals surface area contributed by atoms with E-state index in [1.807, 2.05) is 0 Å². The van der Waals surface area contributed by atoms with E-state index in [1.165, 1.54) is 44.9 Å². The van der Waals surface area contributed by atoms with Gasteiger partial charge in [0, 0.05) is 18.8 Å². The molecule has 18 heavy (non-hydrogen) atoms. The van der Waals surface area contributed by atoms with Crippen LogP contribution in [0.1, 0.15) is 51.4 Å². The number of amides is 1. The van der Waals surface area contributed by atoms with Crippen molar-refractivity contribution >= 4 is 17.5 Å². The first-order valence-electron chi connectivity index (χ1n) is 7.52. The Bertz CT molecular complexity index is 293. The fraction of sp³-hybridized carbons (Fsp3) is 0.933. The molecule has 4 aliphatic carbocycles. The summed E-state index contributed by atoms with van der Waals surface area (Å²) in [5.74, 6) is 3.58. The van der Waals surface area contributed by atoms with Gasteiger partial charge in [0.1, 0.15) is 0 Å². The van der Waals surface area contributed by atoms with Gasteiger partial charge < -0.3 is 5.32 Å². The molecule has 4 fully saturated rings. The minimum absolute atomic E-state index is 0.120. The average Bonchev–Trinajstić information content (AvgIpc) is 2.26. The summed E-state index contributed by atoms with van der Waals surface area (Å²) in [6.07, 6.45) is 10.5. The van der Waals surface area contributed by atoms with E-state index in [0.29, 0.717) is 17.7 Å². The highest BCUT2D eigenvalue weighted by atomic mass is 35.5. The third kappa shape index (κ3) is 2.54. The van der Waals surface area contributed by atoms with E-state index in [0.717, 1.165) is 24.3 Å². The smallest absolute Gasteiger partial charge is 0.221 e. The lowest BCUT2D eigenvalue weighted by Gasteiger charge is -2.57. The Hall–Kier alpha value is -0.240. The number of hydrogen-bond acceptors (Lipinski definition) is 1. The van der Waals surface area contributed by atoms with Crippen LogP contribution < -0.4 is 5.32 Å². The van der Waals surface area contributed by atoms with E-state index in [2.05, 4.69) is 5.32 Å². The van der Waals surface area contributed by atoms with E-state index in [-0.39, 0.29) is 5.91 Å². The molecule has 0 aliphatic heterocycles. The van der Waals surface area contributed by atoms with Crippen LogP contribution in [0.2, 0.25) is 0 Å². The Morgan fingerprint density at radius 3 is 2.17 bits per heavy atom. The lowest BCUT2D eigenvalue weighted by atomic mass is 9.49. The summed E-state index contributed by atoms with van der Waals surface area (Å²) in [6.45, 7) is 0.863. The standard InChI is InChI=1S/C15H24ClNO/c16-3-1-14(18)17-4-2-15-8-11-5-12(9-15)7-13(6-11)10-15/h11-13H,1-10H2,(H,17,18). The highest BCUT2D eigenvalue weighted by Gasteiger charge is 2.50. The van der Waals surface area contributed by atoms with Gasteiger partial charge in [-0.25, -0.2) is 0 Å². The zero-order chi connectivity index (χ0) is 12.6. The molecule has 0 aromatic rings. The summed E-state index contributed by atoms with van der Waals surface area (Å²) in [4.78, 5) is 11.4. The molecule has 0 aromatic carbocycles. The quantitative estimate of drug-likeness (QED) is 0.762. The molecule has 0 radical (unpaired) electrons. The second-order valence-electron chi connectivity index (χ2n) is 6.96. The number of halogens is 1. The van der Waals surface area contributed by atoms with Crippen LogP contribution in [0.5, 0.6) is 0 Å². The number of carbonyl (C=O) groups is 1. The molecule has 4 rings (SSSR count). The Kier molecular flexibility index (Phi) is 3.57. The zero-order valence-electron chi connectivity index (χ0n) is 11.1. The van der Waals surface area contributed by atoms with Crippen molar-refractivity contribution in [3.8, 4) is 0 Å². The first kappa shape index (κ1) is 12.8. The molecule has 2 nitrogen and oxygen atoms in total. The molecule has 4 saturated carbocycles. The molecular formula is C15H24ClNO. The number of hydrogen-bond donors (Lipinski definition) is 1. The second-order valence-corrected chi connectivity index (χ2v) is 7.33. The maximum absolute atomic E-state index is 11.4. The van der Waals surface area contributed by atoms with Gasteiger partial charge >= 0.3 is 0 Å². The van der Waals surface area contributed by atoms with Gasteiger partial charge in [0.25, 0.3) is 0 Å². The van der Waals surface area contributed by atoms with Crippen molar-refractivity contribution in [1.82, 2.24) is 5.32 Å². The Morgan fingerprint density at radius 2 is 1.67 bits per heavy atom. The van der Waals surface area contributed by atoms with Crippen molar-refractivity contribution in [1.29, 1.82) is 0 Å². The maximum atomic E-state index is 11.4. The Morgan fingerprint density at radius 1 is 1.11 bits per heavy atom. The maximum Gasteiger partial charge on any atom is 0.221 e. The molecule has 102 valence electrons. The first-order chi connectivity index (χ1) is 8.69. The molecule has 0 heterocycles. The van der Waals surface area contributed by atoms with Gasteiger partial charge in [-0.15, -0.1) is 11.6 Å². The average molecular weight is 270 g/mol. The fourth-order valence-corrected chi connectivity index (χ4v) is 5.41. The minimum atomic E-state index is 0.120. The summed E-state index contributed by atoms with van der Waals surface area (Å²) in [7, 11) is 0. The molecule has 0 saturated heterocycles. The molecule has 0 aromatic heterocycles. The van der Waals surface area contributed by atoms with E-state index in [4.69, 9.17) is 11.6 Å². The molecule has 0 spiro atoms. The number of alkyl halides is 1. The van der Waals surface area contributed by atoms with Gasteiger partial charge in [-0.1, -0.05) is 0 Å². The predicted octanol–water partition coefficient (Wildman–Crippen LogP) is 3.34. The number of carbonyl (C=O) groups excluding carboxylic acids is 1. The molecule has 0 atom stereocenters. The van der Waals surface area contributed by atoms with Crippen molar-refractivity contribution in [3.05, 3.63) is 0 Å². The SMILES string of the molecule is O=C(CCCl)NCCC12CC3CC(CC(C3)C1)C2. The van der Waals surface area contributed by atoms with Crippen LogP contribution >= 0.6 is 11.6 Å². The van der Waals surface area contributed by atoms with Gasteiger partial charge in [-0.05, 0) is 68.1 Å². The van der Waals surface area contributed by atoms with E-state index in [9.17, 15) is 4.79 Å². The van der Waals surface area contributed by atoms with E-state index in [1.54, 1.807) is 0 Å². The molecule has 4 bridgehead atoms. The largest absolute Gasteiger partial charge is 0.356 e. The van der Waals surface area contributed by atoms with Gasteiger partial charge in [-0.2, -0.15) is 0 Å².